The molecule has 0 unspecified atom stereocenters. The van der Waals surface area contributed by atoms with Gasteiger partial charge in [0.25, 0.3) is 0 Å². The van der Waals surface area contributed by atoms with Gasteiger partial charge in [-0.25, -0.2) is 4.79 Å². The third-order valence-corrected chi connectivity index (χ3v) is 4.32. The lowest BCUT2D eigenvalue weighted by atomic mass is 9.83. The SMILES string of the molecule is CCOC(=O)C#CCOC1CCC(c2cc(Cl)cc(Cl)c2)CC1. The summed E-state index contributed by atoms with van der Waals surface area (Å²) in [5, 5.41) is 1.36. The number of hydrogen-bond donors (Lipinski definition) is 0. The van der Waals surface area contributed by atoms with Crippen molar-refractivity contribution < 1.29 is 14.3 Å². The third kappa shape index (κ3) is 6.06. The Morgan fingerprint density at radius 2 is 1.83 bits per heavy atom. The van der Waals surface area contributed by atoms with Crippen LogP contribution in [-0.4, -0.2) is 25.3 Å². The molecule has 1 saturated carbocycles. The van der Waals surface area contributed by atoms with Gasteiger partial charge in [0.2, 0.25) is 0 Å². The fourth-order valence-electron chi connectivity index (χ4n) is 2.81. The van der Waals surface area contributed by atoms with Crippen LogP contribution in [0.2, 0.25) is 10.0 Å². The fraction of sp³-hybridized carbons (Fsp3) is 0.500. The van der Waals surface area contributed by atoms with Crippen LogP contribution < -0.4 is 0 Å². The van der Waals surface area contributed by atoms with E-state index in [4.69, 9.17) is 32.7 Å². The van der Waals surface area contributed by atoms with Crippen LogP contribution in [-0.2, 0) is 14.3 Å². The number of benzene rings is 1. The first-order chi connectivity index (χ1) is 11.1. The summed E-state index contributed by atoms with van der Waals surface area (Å²) in [5.41, 5.74) is 1.20. The molecular weight excluding hydrogens is 335 g/mol. The summed E-state index contributed by atoms with van der Waals surface area (Å²) in [6, 6.07) is 5.73. The van der Waals surface area contributed by atoms with Crippen LogP contribution in [0.1, 0.15) is 44.1 Å². The first-order valence-electron chi connectivity index (χ1n) is 7.81. The Morgan fingerprint density at radius 1 is 1.17 bits per heavy atom. The van der Waals surface area contributed by atoms with Crippen molar-refractivity contribution in [3.05, 3.63) is 33.8 Å². The minimum absolute atomic E-state index is 0.192. The molecule has 1 aromatic rings. The zero-order valence-electron chi connectivity index (χ0n) is 13.1. The second-order valence-electron chi connectivity index (χ2n) is 5.51. The van der Waals surface area contributed by atoms with E-state index in [-0.39, 0.29) is 12.7 Å². The van der Waals surface area contributed by atoms with E-state index in [9.17, 15) is 4.79 Å². The molecule has 0 aromatic heterocycles. The first-order valence-corrected chi connectivity index (χ1v) is 8.57. The number of halogens is 2. The molecule has 1 fully saturated rings. The Bertz CT molecular complexity index is 576. The number of esters is 1. The van der Waals surface area contributed by atoms with Gasteiger partial charge in [-0.2, -0.15) is 0 Å². The summed E-state index contributed by atoms with van der Waals surface area (Å²) in [6.07, 6.45) is 4.20. The van der Waals surface area contributed by atoms with Crippen LogP contribution in [0.5, 0.6) is 0 Å². The van der Waals surface area contributed by atoms with Crippen LogP contribution in [0, 0.1) is 11.8 Å². The summed E-state index contributed by atoms with van der Waals surface area (Å²) >= 11 is 12.1. The van der Waals surface area contributed by atoms with Crippen molar-refractivity contribution in [2.75, 3.05) is 13.2 Å². The maximum atomic E-state index is 11.1. The van der Waals surface area contributed by atoms with E-state index in [0.717, 1.165) is 25.7 Å². The summed E-state index contributed by atoms with van der Waals surface area (Å²) in [4.78, 5) is 11.1. The van der Waals surface area contributed by atoms with E-state index in [1.54, 1.807) is 13.0 Å². The molecule has 0 saturated heterocycles. The molecule has 0 bridgehead atoms. The number of ether oxygens (including phenoxy) is 2. The van der Waals surface area contributed by atoms with Crippen molar-refractivity contribution in [3.63, 3.8) is 0 Å². The van der Waals surface area contributed by atoms with Crippen LogP contribution in [0.3, 0.4) is 0 Å². The van der Waals surface area contributed by atoms with Crippen LogP contribution >= 0.6 is 23.2 Å². The highest BCUT2D eigenvalue weighted by atomic mass is 35.5. The van der Waals surface area contributed by atoms with Gasteiger partial charge < -0.3 is 9.47 Å². The molecule has 0 radical (unpaired) electrons. The van der Waals surface area contributed by atoms with Gasteiger partial charge in [0.05, 0.1) is 12.7 Å². The molecule has 1 aromatic carbocycles. The zero-order valence-corrected chi connectivity index (χ0v) is 14.6. The summed E-state index contributed by atoms with van der Waals surface area (Å²) < 4.78 is 10.4. The Labute approximate surface area is 147 Å². The van der Waals surface area contributed by atoms with Crippen LogP contribution in [0.25, 0.3) is 0 Å². The van der Waals surface area contributed by atoms with Crippen molar-refractivity contribution in [1.82, 2.24) is 0 Å². The normalized spacial score (nSPS) is 20.5. The first kappa shape index (κ1) is 18.1. The van der Waals surface area contributed by atoms with Crippen molar-refractivity contribution in [3.8, 4) is 11.8 Å². The van der Waals surface area contributed by atoms with Gasteiger partial charge in [0, 0.05) is 16.0 Å². The Hall–Kier alpha value is -1.21. The molecule has 0 amide bonds. The summed E-state index contributed by atoms with van der Waals surface area (Å²) in [7, 11) is 0. The summed E-state index contributed by atoms with van der Waals surface area (Å²) in [6.45, 7) is 2.35. The van der Waals surface area contributed by atoms with Crippen molar-refractivity contribution in [2.24, 2.45) is 0 Å². The van der Waals surface area contributed by atoms with Gasteiger partial charge in [-0.3, -0.25) is 0 Å². The van der Waals surface area contributed by atoms with E-state index >= 15 is 0 Å². The van der Waals surface area contributed by atoms with Gasteiger partial charge in [0.1, 0.15) is 6.61 Å². The van der Waals surface area contributed by atoms with Crippen LogP contribution in [0.15, 0.2) is 18.2 Å². The van der Waals surface area contributed by atoms with Gasteiger partial charge in [-0.15, -0.1) is 0 Å². The molecule has 0 heterocycles. The lowest BCUT2D eigenvalue weighted by molar-refractivity contribution is -0.136. The molecule has 0 aliphatic heterocycles. The Morgan fingerprint density at radius 3 is 2.43 bits per heavy atom. The Kier molecular flexibility index (Phi) is 7.23. The molecule has 0 spiro atoms. The van der Waals surface area contributed by atoms with Crippen molar-refractivity contribution >= 4 is 29.2 Å². The largest absolute Gasteiger partial charge is 0.456 e. The minimum atomic E-state index is -0.502. The molecule has 3 nitrogen and oxygen atoms in total. The molecule has 2 rings (SSSR count). The predicted molar refractivity (Wildman–Crippen MR) is 91.8 cm³/mol. The fourth-order valence-corrected chi connectivity index (χ4v) is 3.35. The number of hydrogen-bond acceptors (Lipinski definition) is 3. The molecule has 124 valence electrons. The lowest BCUT2D eigenvalue weighted by Crippen LogP contribution is -2.21. The van der Waals surface area contributed by atoms with Gasteiger partial charge in [-0.05, 0) is 62.3 Å². The quantitative estimate of drug-likeness (QED) is 0.450. The van der Waals surface area contributed by atoms with E-state index in [0.29, 0.717) is 22.6 Å². The molecule has 1 aliphatic carbocycles. The smallest absolute Gasteiger partial charge is 0.384 e. The number of carbonyl (C=O) groups excluding carboxylic acids is 1. The van der Waals surface area contributed by atoms with Gasteiger partial charge in [0.15, 0.2) is 0 Å². The van der Waals surface area contributed by atoms with E-state index < -0.39 is 5.97 Å². The standard InChI is InChI=1S/C18H20Cl2O3/c1-2-22-18(21)4-3-9-23-17-7-5-13(6-8-17)14-10-15(19)12-16(20)11-14/h10-13,17H,2,5-9H2,1H3. The lowest BCUT2D eigenvalue weighted by Gasteiger charge is -2.28. The van der Waals surface area contributed by atoms with Gasteiger partial charge in [-0.1, -0.05) is 29.1 Å². The maximum Gasteiger partial charge on any atom is 0.384 e. The topological polar surface area (TPSA) is 35.5 Å². The zero-order chi connectivity index (χ0) is 16.7. The second-order valence-corrected chi connectivity index (χ2v) is 6.38. The van der Waals surface area contributed by atoms with E-state index in [2.05, 4.69) is 11.8 Å². The third-order valence-electron chi connectivity index (χ3n) is 3.89. The molecular formula is C18H20Cl2O3. The predicted octanol–water partition coefficient (Wildman–Crippen LogP) is 4.60. The minimum Gasteiger partial charge on any atom is -0.456 e. The highest BCUT2D eigenvalue weighted by Crippen LogP contribution is 2.36. The highest BCUT2D eigenvalue weighted by Gasteiger charge is 2.23. The molecule has 23 heavy (non-hydrogen) atoms. The van der Waals surface area contributed by atoms with Crippen molar-refractivity contribution in [2.45, 2.75) is 44.6 Å². The molecule has 1 aliphatic rings. The Balaban J connectivity index is 1.76. The number of rotatable bonds is 4. The average molecular weight is 355 g/mol. The second kappa shape index (κ2) is 9.17. The molecule has 5 heteroatoms. The number of carbonyl (C=O) groups is 1. The molecule has 0 N–H and O–H groups in total. The monoisotopic (exact) mass is 354 g/mol. The molecule has 0 atom stereocenters. The van der Waals surface area contributed by atoms with E-state index in [1.807, 2.05) is 12.1 Å². The van der Waals surface area contributed by atoms with Gasteiger partial charge >= 0.3 is 5.97 Å². The highest BCUT2D eigenvalue weighted by molar-refractivity contribution is 6.34. The van der Waals surface area contributed by atoms with E-state index in [1.165, 1.54) is 5.56 Å². The van der Waals surface area contributed by atoms with Crippen LogP contribution in [0.4, 0.5) is 0 Å². The van der Waals surface area contributed by atoms with Crippen molar-refractivity contribution in [1.29, 1.82) is 0 Å². The maximum absolute atomic E-state index is 11.1. The average Bonchev–Trinajstić information content (AvgIpc) is 2.51. The summed E-state index contributed by atoms with van der Waals surface area (Å²) in [5.74, 6) is 5.07.